The number of aliphatic carboxylic acids is 4. The monoisotopic (exact) mass is 1110 g/mol. The zero-order valence-corrected chi connectivity index (χ0v) is 42.1. The van der Waals surface area contributed by atoms with Crippen molar-refractivity contribution >= 4 is 65.8 Å². The van der Waals surface area contributed by atoms with Crippen LogP contribution >= 0.6 is 24.0 Å². The molecule has 4 saturated carbocycles. The summed E-state index contributed by atoms with van der Waals surface area (Å²) in [5, 5.41) is 82.2. The first-order chi connectivity index (χ1) is 30.4. The number of ether oxygens (including phenoxy) is 1. The summed E-state index contributed by atoms with van der Waals surface area (Å²) in [6, 6.07) is -4.81. The van der Waals surface area contributed by atoms with E-state index in [2.05, 4.69) is 16.0 Å². The number of aliphatic hydroxyl groups excluding tert-OH is 4. The quantitative estimate of drug-likeness (QED) is 0.0923. The molecule has 4 rings (SSSR count). The first kappa shape index (κ1) is 72.1. The standard InChI is InChI=1S/C14H25NO5.2C11H19NO4.C9H17NO3.2CH4.FH.HI/c1-14(2,3)20-13(19)15-10(12(17)18)11(16)9-7-5-4-6-8-9;2*1-7(13)12-9(11(15)16)10(14)8-5-3-2-4-6-8;10-7(9(12)13)8(11)6-4-2-1-3-5-6;;;;/h9-11,16H,4-8H2,1-3H3,(H,15,19)(H,17,18);2*8-10,14H,2-6H2,1H3,(H,12,13)(H,15,16);6-8,11H,1-5,10H2,(H,12,13);2*1H4;2*1H/t10-,11-;2*9-,10-;7-,8-;;;;/m1111..../s1. The van der Waals surface area contributed by atoms with E-state index in [1.807, 2.05) is 0 Å². The van der Waals surface area contributed by atoms with Crippen LogP contribution in [0.15, 0.2) is 0 Å². The minimum absolute atomic E-state index is 0. The van der Waals surface area contributed by atoms with Crippen molar-refractivity contribution in [2.45, 2.75) is 232 Å². The number of nitrogens with one attached hydrogen (secondary N) is 3. The molecule has 0 unspecified atom stereocenters. The molecule has 408 valence electrons. The predicted molar refractivity (Wildman–Crippen MR) is 269 cm³/mol. The zero-order valence-electron chi connectivity index (χ0n) is 39.8. The number of hydrogen-bond donors (Lipinski definition) is 12. The summed E-state index contributed by atoms with van der Waals surface area (Å²) in [6.45, 7) is 7.59. The van der Waals surface area contributed by atoms with Crippen LogP contribution in [0.4, 0.5) is 9.50 Å². The number of carboxylic acids is 4. The molecule has 0 heterocycles. The highest BCUT2D eigenvalue weighted by Crippen LogP contribution is 2.31. The number of alkyl carbamates (subject to hydrolysis) is 1. The van der Waals surface area contributed by atoms with Gasteiger partial charge in [-0.05, 0) is 95.8 Å². The lowest BCUT2D eigenvalue weighted by atomic mass is 9.82. The largest absolute Gasteiger partial charge is 0.480 e. The average Bonchev–Trinajstić information content (AvgIpc) is 3.26. The third-order valence-electron chi connectivity index (χ3n) is 12.4. The zero-order chi connectivity index (χ0) is 49.4. The molecule has 20 nitrogen and oxygen atoms in total. The highest BCUT2D eigenvalue weighted by molar-refractivity contribution is 14.0. The second-order valence-electron chi connectivity index (χ2n) is 18.9. The van der Waals surface area contributed by atoms with Crippen LogP contribution in [0.3, 0.4) is 0 Å². The maximum atomic E-state index is 11.7. The van der Waals surface area contributed by atoms with Gasteiger partial charge in [-0.15, -0.1) is 24.0 Å². The van der Waals surface area contributed by atoms with Gasteiger partial charge in [-0.2, -0.15) is 0 Å². The molecule has 3 amide bonds. The Morgan fingerprint density at radius 2 is 0.696 bits per heavy atom. The summed E-state index contributed by atoms with van der Waals surface area (Å²) in [7, 11) is 0. The summed E-state index contributed by atoms with van der Waals surface area (Å²) < 4.78 is 5.03. The molecule has 0 aliphatic heterocycles. The predicted octanol–water partition coefficient (Wildman–Crippen LogP) is 5.32. The molecule has 4 fully saturated rings. The number of carboxylic acid groups (broad SMARTS) is 4. The number of hydrogen-bond acceptors (Lipinski definition) is 13. The fourth-order valence-electron chi connectivity index (χ4n) is 8.91. The van der Waals surface area contributed by atoms with E-state index in [9.17, 15) is 59.1 Å². The Kier molecular flexibility index (Phi) is 39.0. The van der Waals surface area contributed by atoms with Crippen molar-refractivity contribution in [3.05, 3.63) is 0 Å². The molecule has 0 aromatic rings. The fraction of sp³-hybridized carbons (Fsp3) is 0.851. The molecule has 0 aromatic carbocycles. The Balaban J connectivity index is -0.000000404. The Morgan fingerprint density at radius 1 is 0.464 bits per heavy atom. The molecular formula is C47H90FIN4O16. The smallest absolute Gasteiger partial charge is 0.408 e. The Labute approximate surface area is 425 Å². The van der Waals surface area contributed by atoms with Crippen LogP contribution in [0.2, 0.25) is 0 Å². The Hall–Kier alpha value is -3.45. The molecule has 0 spiro atoms. The second kappa shape index (κ2) is 37.3. The van der Waals surface area contributed by atoms with E-state index < -0.39 is 96.0 Å². The second-order valence-corrected chi connectivity index (χ2v) is 18.9. The van der Waals surface area contributed by atoms with Crippen molar-refractivity contribution < 1.29 is 83.9 Å². The summed E-state index contributed by atoms with van der Waals surface area (Å²) in [4.78, 5) is 77.0. The summed E-state index contributed by atoms with van der Waals surface area (Å²) in [5.41, 5.74) is 4.64. The number of nitrogens with two attached hydrogens (primary N) is 1. The molecule has 0 bridgehead atoms. The Morgan fingerprint density at radius 3 is 0.899 bits per heavy atom. The summed E-state index contributed by atoms with van der Waals surface area (Å²) in [6.07, 6.45) is 14.8. The van der Waals surface area contributed by atoms with E-state index in [1.54, 1.807) is 20.8 Å². The van der Waals surface area contributed by atoms with E-state index in [4.69, 9.17) is 25.8 Å². The number of carbonyl (C=O) groups is 7. The maximum Gasteiger partial charge on any atom is 0.408 e. The van der Waals surface area contributed by atoms with Gasteiger partial charge in [-0.25, -0.2) is 19.2 Å². The van der Waals surface area contributed by atoms with Crippen LogP contribution in [-0.2, 0) is 33.5 Å². The van der Waals surface area contributed by atoms with Gasteiger partial charge in [0.1, 0.15) is 11.6 Å². The van der Waals surface area contributed by atoms with Gasteiger partial charge in [0.25, 0.3) is 0 Å². The third-order valence-corrected chi connectivity index (χ3v) is 12.4. The van der Waals surface area contributed by atoms with Gasteiger partial charge >= 0.3 is 30.0 Å². The van der Waals surface area contributed by atoms with Crippen LogP contribution in [0.1, 0.15) is 178 Å². The van der Waals surface area contributed by atoms with Crippen molar-refractivity contribution in [3.8, 4) is 0 Å². The number of halogens is 2. The van der Waals surface area contributed by atoms with Gasteiger partial charge in [0.2, 0.25) is 11.8 Å². The van der Waals surface area contributed by atoms with Gasteiger partial charge in [0.15, 0.2) is 18.1 Å². The van der Waals surface area contributed by atoms with E-state index in [-0.39, 0.29) is 67.2 Å². The third kappa shape index (κ3) is 28.9. The minimum Gasteiger partial charge on any atom is -0.480 e. The molecule has 22 heteroatoms. The van der Waals surface area contributed by atoms with Crippen molar-refractivity contribution in [3.63, 3.8) is 0 Å². The molecule has 13 N–H and O–H groups in total. The van der Waals surface area contributed by atoms with Crippen LogP contribution in [-0.4, -0.2) is 137 Å². The van der Waals surface area contributed by atoms with Crippen LogP contribution < -0.4 is 21.7 Å². The molecule has 69 heavy (non-hydrogen) atoms. The van der Waals surface area contributed by atoms with Crippen molar-refractivity contribution in [1.82, 2.24) is 16.0 Å². The lowest BCUT2D eigenvalue weighted by molar-refractivity contribution is -0.146. The minimum atomic E-state index is -1.33. The van der Waals surface area contributed by atoms with Crippen molar-refractivity contribution in [2.24, 2.45) is 29.4 Å². The summed E-state index contributed by atoms with van der Waals surface area (Å²) in [5.74, 6) is -5.58. The van der Waals surface area contributed by atoms with Gasteiger partial charge in [0.05, 0.1) is 24.4 Å². The topological polar surface area (TPSA) is 353 Å². The number of rotatable bonds is 15. The number of amides is 3. The van der Waals surface area contributed by atoms with Crippen molar-refractivity contribution in [2.75, 3.05) is 0 Å². The Bertz CT molecular complexity index is 1430. The normalized spacial score (nSPS) is 20.1. The average molecular weight is 1110 g/mol. The SMILES string of the molecule is C.C.CC(=O)N[C@@H](C(=O)O)[C@H](O)C1CCCCC1.CC(=O)N[C@@H](C(=O)O)[C@H](O)C1CCCCC1.CC(C)(C)OC(=O)N[C@@H](C(=O)O)[C@H](O)C1CCCCC1.F.I.N[C@@H](C(=O)O)[C@H](O)C1CCCCC1. The van der Waals surface area contributed by atoms with Crippen LogP contribution in [0, 0.1) is 23.7 Å². The summed E-state index contributed by atoms with van der Waals surface area (Å²) >= 11 is 0. The van der Waals surface area contributed by atoms with E-state index in [0.29, 0.717) is 0 Å². The molecule has 0 aromatic heterocycles. The van der Waals surface area contributed by atoms with Crippen LogP contribution in [0.5, 0.6) is 0 Å². The number of carbonyl (C=O) groups excluding carboxylic acids is 3. The number of aliphatic hydroxyl groups is 4. The van der Waals surface area contributed by atoms with Crippen molar-refractivity contribution in [1.29, 1.82) is 0 Å². The van der Waals surface area contributed by atoms with Gasteiger partial charge in [0, 0.05) is 13.8 Å². The highest BCUT2D eigenvalue weighted by Gasteiger charge is 2.37. The highest BCUT2D eigenvalue weighted by atomic mass is 127. The molecule has 0 radical (unpaired) electrons. The fourth-order valence-corrected chi connectivity index (χ4v) is 8.91. The van der Waals surface area contributed by atoms with Crippen LogP contribution in [0.25, 0.3) is 0 Å². The first-order valence-electron chi connectivity index (χ1n) is 23.3. The van der Waals surface area contributed by atoms with E-state index in [0.717, 1.165) is 122 Å². The lowest BCUT2D eigenvalue weighted by Gasteiger charge is -2.31. The van der Waals surface area contributed by atoms with Gasteiger partial charge < -0.3 is 67.3 Å². The molecule has 0 saturated heterocycles. The molecular weight excluding hydrogens is 1020 g/mol. The van der Waals surface area contributed by atoms with Gasteiger partial charge in [-0.3, -0.25) is 19.1 Å². The molecule has 4 aliphatic carbocycles. The first-order valence-corrected chi connectivity index (χ1v) is 23.3. The lowest BCUT2D eigenvalue weighted by Crippen LogP contribution is -2.52. The maximum absolute atomic E-state index is 11.7. The van der Waals surface area contributed by atoms with E-state index in [1.165, 1.54) is 20.3 Å². The molecule has 4 aliphatic rings. The van der Waals surface area contributed by atoms with Gasteiger partial charge in [-0.1, -0.05) is 91.9 Å². The van der Waals surface area contributed by atoms with E-state index >= 15 is 0 Å². The molecule has 8 atom stereocenters.